The molecule has 1 aliphatic rings. The molecular formula is C13H11ClO3. The van der Waals surface area contributed by atoms with E-state index in [4.69, 9.17) is 16.3 Å². The summed E-state index contributed by atoms with van der Waals surface area (Å²) >= 11 is 5.79. The van der Waals surface area contributed by atoms with Crippen LogP contribution in [0.5, 0.6) is 0 Å². The van der Waals surface area contributed by atoms with E-state index in [9.17, 15) is 9.59 Å². The molecule has 0 bridgehead atoms. The maximum absolute atomic E-state index is 11.7. The number of carbonyl (C=O) groups excluding carboxylic acids is 2. The molecule has 0 saturated carbocycles. The fourth-order valence-electron chi connectivity index (χ4n) is 1.89. The van der Waals surface area contributed by atoms with Gasteiger partial charge in [0.05, 0.1) is 5.92 Å². The predicted molar refractivity (Wildman–Crippen MR) is 63.9 cm³/mol. The third-order valence-electron chi connectivity index (χ3n) is 2.62. The van der Waals surface area contributed by atoms with Crippen LogP contribution < -0.4 is 0 Å². The molecule has 0 fully saturated rings. The summed E-state index contributed by atoms with van der Waals surface area (Å²) < 4.78 is 5.10. The summed E-state index contributed by atoms with van der Waals surface area (Å²) in [6.45, 7) is 1.33. The molecule has 0 heterocycles. The lowest BCUT2D eigenvalue weighted by molar-refractivity contribution is -0.145. The quantitative estimate of drug-likeness (QED) is 0.758. The molecule has 1 aliphatic carbocycles. The molecule has 0 amide bonds. The van der Waals surface area contributed by atoms with Crippen LogP contribution >= 0.6 is 11.6 Å². The number of halogens is 1. The van der Waals surface area contributed by atoms with Crippen molar-refractivity contribution in [3.8, 4) is 0 Å². The van der Waals surface area contributed by atoms with Gasteiger partial charge in [0.15, 0.2) is 5.78 Å². The van der Waals surface area contributed by atoms with E-state index >= 15 is 0 Å². The van der Waals surface area contributed by atoms with E-state index in [1.54, 1.807) is 30.3 Å². The van der Waals surface area contributed by atoms with Crippen molar-refractivity contribution < 1.29 is 14.3 Å². The third kappa shape index (κ3) is 2.56. The minimum atomic E-state index is -0.513. The molecule has 1 aromatic carbocycles. The Morgan fingerprint density at radius 1 is 1.29 bits per heavy atom. The van der Waals surface area contributed by atoms with Crippen LogP contribution in [0.15, 0.2) is 36.4 Å². The van der Waals surface area contributed by atoms with Crippen molar-refractivity contribution in [2.24, 2.45) is 0 Å². The van der Waals surface area contributed by atoms with E-state index in [0.29, 0.717) is 5.02 Å². The molecule has 0 aromatic heterocycles. The van der Waals surface area contributed by atoms with Gasteiger partial charge in [0.25, 0.3) is 0 Å². The predicted octanol–water partition coefficient (Wildman–Crippen LogP) is 2.49. The Labute approximate surface area is 104 Å². The topological polar surface area (TPSA) is 43.4 Å². The highest BCUT2D eigenvalue weighted by molar-refractivity contribution is 6.30. The van der Waals surface area contributed by atoms with Gasteiger partial charge >= 0.3 is 5.97 Å². The van der Waals surface area contributed by atoms with Crippen LogP contribution in [0.3, 0.4) is 0 Å². The molecule has 3 nitrogen and oxygen atoms in total. The summed E-state index contributed by atoms with van der Waals surface area (Å²) in [5.74, 6) is -0.900. The van der Waals surface area contributed by atoms with Crippen LogP contribution in [-0.2, 0) is 14.3 Å². The van der Waals surface area contributed by atoms with Gasteiger partial charge in [-0.05, 0) is 29.8 Å². The van der Waals surface area contributed by atoms with Crippen molar-refractivity contribution in [1.82, 2.24) is 0 Å². The largest absolute Gasteiger partial charge is 0.457 e. The van der Waals surface area contributed by atoms with Crippen molar-refractivity contribution in [1.29, 1.82) is 0 Å². The highest BCUT2D eigenvalue weighted by Gasteiger charge is 2.33. The Morgan fingerprint density at radius 3 is 2.53 bits per heavy atom. The number of benzene rings is 1. The molecule has 0 saturated heterocycles. The number of allylic oxidation sites excluding steroid dienone is 1. The number of rotatable bonds is 2. The first kappa shape index (κ1) is 11.9. The van der Waals surface area contributed by atoms with Gasteiger partial charge in [-0.3, -0.25) is 9.59 Å². The van der Waals surface area contributed by atoms with Crippen LogP contribution in [0.25, 0.3) is 0 Å². The van der Waals surface area contributed by atoms with Gasteiger partial charge in [0.1, 0.15) is 6.10 Å². The van der Waals surface area contributed by atoms with Gasteiger partial charge in [-0.2, -0.15) is 0 Å². The standard InChI is InChI=1S/C13H11ClO3/c1-8(15)17-12-7-6-11(16)13(12)9-2-4-10(14)5-3-9/h2-7,12-13H,1H3/t12-,13?/m0/s1. The molecule has 17 heavy (non-hydrogen) atoms. The monoisotopic (exact) mass is 250 g/mol. The van der Waals surface area contributed by atoms with Gasteiger partial charge in [-0.15, -0.1) is 0 Å². The molecule has 88 valence electrons. The van der Waals surface area contributed by atoms with Crippen molar-refractivity contribution in [2.75, 3.05) is 0 Å². The van der Waals surface area contributed by atoms with E-state index in [2.05, 4.69) is 0 Å². The Balaban J connectivity index is 2.26. The molecule has 4 heteroatoms. The summed E-state index contributed by atoms with van der Waals surface area (Å²) in [7, 11) is 0. The molecular weight excluding hydrogens is 240 g/mol. The molecule has 2 atom stereocenters. The second-order valence-corrected chi connectivity index (χ2v) is 4.30. The Morgan fingerprint density at radius 2 is 1.94 bits per heavy atom. The molecule has 0 N–H and O–H groups in total. The smallest absolute Gasteiger partial charge is 0.303 e. The lowest BCUT2D eigenvalue weighted by Crippen LogP contribution is -2.23. The van der Waals surface area contributed by atoms with E-state index in [1.807, 2.05) is 0 Å². The summed E-state index contributed by atoms with van der Waals surface area (Å²) in [5.41, 5.74) is 0.802. The number of ether oxygens (including phenoxy) is 1. The van der Waals surface area contributed by atoms with Crippen LogP contribution in [0, 0.1) is 0 Å². The molecule has 0 spiro atoms. The minimum Gasteiger partial charge on any atom is -0.457 e. The number of hydrogen-bond donors (Lipinski definition) is 0. The second kappa shape index (κ2) is 4.72. The summed E-state index contributed by atoms with van der Waals surface area (Å²) in [6.07, 6.45) is 2.55. The molecule has 1 unspecified atom stereocenters. The van der Waals surface area contributed by atoms with E-state index in [-0.39, 0.29) is 5.78 Å². The SMILES string of the molecule is CC(=O)O[C@H]1C=CC(=O)C1c1ccc(Cl)cc1. The Bertz CT molecular complexity index is 476. The van der Waals surface area contributed by atoms with Crippen LogP contribution in [0.2, 0.25) is 5.02 Å². The Kier molecular flexibility index (Phi) is 3.29. The van der Waals surface area contributed by atoms with Gasteiger partial charge < -0.3 is 4.74 Å². The zero-order valence-electron chi connectivity index (χ0n) is 9.22. The molecule has 2 rings (SSSR count). The average Bonchev–Trinajstić information content (AvgIpc) is 2.61. The van der Waals surface area contributed by atoms with Crippen LogP contribution in [0.1, 0.15) is 18.4 Å². The first-order valence-electron chi connectivity index (χ1n) is 5.22. The Hall–Kier alpha value is -1.61. The number of carbonyl (C=O) groups is 2. The first-order valence-corrected chi connectivity index (χ1v) is 5.60. The summed E-state index contributed by atoms with van der Waals surface area (Å²) in [5, 5.41) is 0.608. The number of esters is 1. The molecule has 0 radical (unpaired) electrons. The van der Waals surface area contributed by atoms with Crippen molar-refractivity contribution in [2.45, 2.75) is 18.9 Å². The average molecular weight is 251 g/mol. The van der Waals surface area contributed by atoms with Gasteiger partial charge in [-0.1, -0.05) is 23.7 Å². The fraction of sp³-hybridized carbons (Fsp3) is 0.231. The van der Waals surface area contributed by atoms with Gasteiger partial charge in [-0.25, -0.2) is 0 Å². The zero-order valence-corrected chi connectivity index (χ0v) is 9.98. The van der Waals surface area contributed by atoms with Gasteiger partial charge in [0, 0.05) is 11.9 Å². The maximum Gasteiger partial charge on any atom is 0.303 e. The lowest BCUT2D eigenvalue weighted by Gasteiger charge is -2.18. The summed E-state index contributed by atoms with van der Waals surface area (Å²) in [4.78, 5) is 22.7. The fourth-order valence-corrected chi connectivity index (χ4v) is 2.02. The molecule has 1 aromatic rings. The second-order valence-electron chi connectivity index (χ2n) is 3.86. The zero-order chi connectivity index (χ0) is 12.4. The van der Waals surface area contributed by atoms with E-state index in [0.717, 1.165) is 5.56 Å². The number of ketones is 1. The molecule has 0 aliphatic heterocycles. The van der Waals surface area contributed by atoms with Crippen molar-refractivity contribution >= 4 is 23.4 Å². The normalized spacial score (nSPS) is 22.8. The van der Waals surface area contributed by atoms with Crippen LogP contribution in [0.4, 0.5) is 0 Å². The summed E-state index contributed by atoms with van der Waals surface area (Å²) in [6, 6.07) is 6.98. The number of hydrogen-bond acceptors (Lipinski definition) is 3. The highest BCUT2D eigenvalue weighted by Crippen LogP contribution is 2.30. The van der Waals surface area contributed by atoms with Crippen LogP contribution in [-0.4, -0.2) is 17.9 Å². The minimum absolute atomic E-state index is 0.0569. The van der Waals surface area contributed by atoms with Gasteiger partial charge in [0.2, 0.25) is 0 Å². The van der Waals surface area contributed by atoms with E-state index in [1.165, 1.54) is 13.0 Å². The maximum atomic E-state index is 11.7. The highest BCUT2D eigenvalue weighted by atomic mass is 35.5. The van der Waals surface area contributed by atoms with Crippen molar-refractivity contribution in [3.63, 3.8) is 0 Å². The van der Waals surface area contributed by atoms with Crippen molar-refractivity contribution in [3.05, 3.63) is 47.0 Å². The van der Waals surface area contributed by atoms with E-state index < -0.39 is 18.0 Å². The third-order valence-corrected chi connectivity index (χ3v) is 2.87. The lowest BCUT2D eigenvalue weighted by atomic mass is 9.94. The first-order chi connectivity index (χ1) is 8.08.